The van der Waals surface area contributed by atoms with Crippen molar-refractivity contribution in [1.29, 1.82) is 0 Å². The first kappa shape index (κ1) is 36.3. The fourth-order valence-electron chi connectivity index (χ4n) is 6.11. The Hall–Kier alpha value is -6.02. The molecular formula is C41H37N7O4S2. The number of pyridine rings is 2. The van der Waals surface area contributed by atoms with E-state index in [1.54, 1.807) is 61.2 Å². The normalized spacial score (nSPS) is 11.8. The van der Waals surface area contributed by atoms with E-state index in [0.717, 1.165) is 50.4 Å². The summed E-state index contributed by atoms with van der Waals surface area (Å²) in [6.07, 6.45) is 8.21. The molecule has 0 amide bonds. The number of nitrogens with two attached hydrogens (primary N) is 1. The smallest absolute Gasteiger partial charge is 0.238 e. The van der Waals surface area contributed by atoms with Crippen LogP contribution in [-0.2, 0) is 33.0 Å². The van der Waals surface area contributed by atoms with Gasteiger partial charge in [-0.1, -0.05) is 59.7 Å². The minimum Gasteiger partial charge on any atom is -0.319 e. The van der Waals surface area contributed by atoms with Gasteiger partial charge >= 0.3 is 0 Å². The molecule has 8 rings (SSSR count). The molecule has 4 aromatic heterocycles. The van der Waals surface area contributed by atoms with Crippen LogP contribution >= 0.6 is 0 Å². The number of benzene rings is 4. The quantitative estimate of drug-likeness (QED) is 0.175. The molecule has 0 spiro atoms. The monoisotopic (exact) mass is 755 g/mol. The van der Waals surface area contributed by atoms with E-state index < -0.39 is 19.9 Å². The lowest BCUT2D eigenvalue weighted by Gasteiger charge is -2.10. The molecule has 0 aliphatic rings. The lowest BCUT2D eigenvalue weighted by atomic mass is 10.1. The summed E-state index contributed by atoms with van der Waals surface area (Å²) < 4.78 is 50.7. The van der Waals surface area contributed by atoms with Gasteiger partial charge in [-0.2, -0.15) is 0 Å². The Bertz CT molecular complexity index is 2620. The Kier molecular flexibility index (Phi) is 9.95. The summed E-state index contributed by atoms with van der Waals surface area (Å²) >= 11 is 0. The van der Waals surface area contributed by atoms with Crippen LogP contribution < -0.4 is 5.14 Å². The van der Waals surface area contributed by atoms with E-state index >= 15 is 0 Å². The lowest BCUT2D eigenvalue weighted by molar-refractivity contribution is 0.597. The Morgan fingerprint density at radius 2 is 1.00 bits per heavy atom. The predicted octanol–water partition coefficient (Wildman–Crippen LogP) is 6.96. The van der Waals surface area contributed by atoms with Gasteiger partial charge in [-0.3, -0.25) is 9.97 Å². The molecule has 13 heteroatoms. The number of nitrogens with zero attached hydrogens (tertiary/aromatic N) is 6. The van der Waals surface area contributed by atoms with Crippen molar-refractivity contribution in [2.75, 3.05) is 6.26 Å². The minimum absolute atomic E-state index is 0.0779. The van der Waals surface area contributed by atoms with E-state index in [1.165, 1.54) is 35.1 Å². The van der Waals surface area contributed by atoms with E-state index in [-0.39, 0.29) is 4.90 Å². The third-order valence-corrected chi connectivity index (χ3v) is 11.1. The molecule has 54 heavy (non-hydrogen) atoms. The van der Waals surface area contributed by atoms with Crippen LogP contribution in [-0.4, -0.2) is 52.2 Å². The minimum atomic E-state index is -3.73. The first-order valence-corrected chi connectivity index (χ1v) is 20.4. The average Bonchev–Trinajstić information content (AvgIpc) is 3.71. The van der Waals surface area contributed by atoms with Crippen LogP contribution in [0.1, 0.15) is 22.3 Å². The third kappa shape index (κ3) is 7.98. The molecule has 4 aromatic carbocycles. The number of hydrogen-bond donors (Lipinski definition) is 1. The summed E-state index contributed by atoms with van der Waals surface area (Å²) in [5.41, 5.74) is 9.98. The molecule has 0 unspecified atom stereocenters. The molecule has 0 aliphatic carbocycles. The molecule has 0 atom stereocenters. The van der Waals surface area contributed by atoms with Crippen LogP contribution in [0.4, 0.5) is 0 Å². The summed E-state index contributed by atoms with van der Waals surface area (Å²) in [6.45, 7) is 5.42. The summed E-state index contributed by atoms with van der Waals surface area (Å²) in [6, 6.07) is 33.8. The van der Waals surface area contributed by atoms with Crippen molar-refractivity contribution in [3.8, 4) is 22.8 Å². The van der Waals surface area contributed by atoms with Crippen molar-refractivity contribution < 1.29 is 16.8 Å². The average molecular weight is 756 g/mol. The number of fused-ring (bicyclic) bond motifs is 2. The van der Waals surface area contributed by atoms with Gasteiger partial charge in [0, 0.05) is 42.9 Å². The van der Waals surface area contributed by atoms with Crippen molar-refractivity contribution in [2.45, 2.75) is 36.7 Å². The fourth-order valence-corrected chi connectivity index (χ4v) is 7.26. The topological polar surface area (TPSA) is 156 Å². The molecule has 0 saturated carbocycles. The zero-order valence-corrected chi connectivity index (χ0v) is 31.5. The highest BCUT2D eigenvalue weighted by Crippen LogP contribution is 2.28. The molecule has 4 heterocycles. The molecule has 11 nitrogen and oxygen atoms in total. The zero-order valence-electron chi connectivity index (χ0n) is 29.8. The largest absolute Gasteiger partial charge is 0.319 e. The number of rotatable bonds is 8. The van der Waals surface area contributed by atoms with Gasteiger partial charge in [-0.25, -0.2) is 31.9 Å². The molecule has 272 valence electrons. The molecule has 0 aliphatic heterocycles. The molecule has 8 aromatic rings. The van der Waals surface area contributed by atoms with E-state index in [1.807, 2.05) is 12.1 Å². The first-order valence-electron chi connectivity index (χ1n) is 17.0. The number of hydrogen-bond acceptors (Lipinski definition) is 8. The standard InChI is InChI=1S/C21H19N3O2S.C20H18N4O2S/c1-15-3-5-16(6-4-15)14-24-20-11-12-22-13-19(20)23-21(24)17-7-9-18(10-8-17)27(2,25)26;1-14-2-4-15(5-3-14)13-24-19-12-22-11-10-18(19)23-20(24)16-6-8-17(9-7-16)27(21,25)26/h3-13H,14H2,1-2H3;2-12H,13H2,1H3,(H2,21,25,26). The van der Waals surface area contributed by atoms with Gasteiger partial charge in [-0.15, -0.1) is 0 Å². The number of sulfone groups is 1. The Morgan fingerprint density at radius 1 is 0.537 bits per heavy atom. The molecule has 2 N–H and O–H groups in total. The highest BCUT2D eigenvalue weighted by atomic mass is 32.2. The van der Waals surface area contributed by atoms with Gasteiger partial charge in [0.1, 0.15) is 17.2 Å². The van der Waals surface area contributed by atoms with Crippen molar-refractivity contribution >= 4 is 41.9 Å². The lowest BCUT2D eigenvalue weighted by Crippen LogP contribution is -2.11. The Labute approximate surface area is 313 Å². The number of imidazole rings is 2. The summed E-state index contributed by atoms with van der Waals surface area (Å²) in [5.74, 6) is 1.54. The maximum Gasteiger partial charge on any atom is 0.238 e. The predicted molar refractivity (Wildman–Crippen MR) is 211 cm³/mol. The molecule has 0 bridgehead atoms. The van der Waals surface area contributed by atoms with E-state index in [2.05, 4.69) is 81.5 Å². The molecule has 0 saturated heterocycles. The van der Waals surface area contributed by atoms with E-state index in [4.69, 9.17) is 15.1 Å². The van der Waals surface area contributed by atoms with Crippen molar-refractivity contribution in [3.05, 3.63) is 156 Å². The molecule has 0 radical (unpaired) electrons. The second-order valence-electron chi connectivity index (χ2n) is 13.1. The second-order valence-corrected chi connectivity index (χ2v) is 16.7. The van der Waals surface area contributed by atoms with E-state index in [9.17, 15) is 16.8 Å². The van der Waals surface area contributed by atoms with Crippen LogP contribution in [0.5, 0.6) is 0 Å². The second kappa shape index (κ2) is 14.8. The van der Waals surface area contributed by atoms with Gasteiger partial charge in [-0.05, 0) is 85.6 Å². The number of aromatic nitrogens is 6. The van der Waals surface area contributed by atoms with Gasteiger partial charge in [0.15, 0.2) is 9.84 Å². The van der Waals surface area contributed by atoms with Crippen LogP contribution in [0.25, 0.3) is 44.8 Å². The van der Waals surface area contributed by atoms with Crippen molar-refractivity contribution in [3.63, 3.8) is 0 Å². The van der Waals surface area contributed by atoms with Crippen LogP contribution in [0.3, 0.4) is 0 Å². The van der Waals surface area contributed by atoms with Crippen molar-refractivity contribution in [1.82, 2.24) is 29.1 Å². The Balaban J connectivity index is 0.000000167. The van der Waals surface area contributed by atoms with E-state index in [0.29, 0.717) is 18.0 Å². The number of sulfonamides is 1. The number of primary sulfonamides is 1. The highest BCUT2D eigenvalue weighted by molar-refractivity contribution is 7.90. The van der Waals surface area contributed by atoms with Crippen molar-refractivity contribution in [2.24, 2.45) is 5.14 Å². The third-order valence-electron chi connectivity index (χ3n) is 9.01. The van der Waals surface area contributed by atoms with Crippen LogP contribution in [0, 0.1) is 13.8 Å². The van der Waals surface area contributed by atoms with Crippen LogP contribution in [0.15, 0.2) is 144 Å². The zero-order chi connectivity index (χ0) is 38.0. The fraction of sp³-hybridized carbons (Fsp3) is 0.122. The first-order chi connectivity index (χ1) is 25.8. The Morgan fingerprint density at radius 3 is 1.52 bits per heavy atom. The van der Waals surface area contributed by atoms with Gasteiger partial charge < -0.3 is 9.13 Å². The maximum absolute atomic E-state index is 11.7. The van der Waals surface area contributed by atoms with Gasteiger partial charge in [0.25, 0.3) is 0 Å². The summed E-state index contributed by atoms with van der Waals surface area (Å²) in [5, 5.41) is 5.19. The highest BCUT2D eigenvalue weighted by Gasteiger charge is 2.16. The summed E-state index contributed by atoms with van der Waals surface area (Å²) in [7, 11) is -6.95. The van der Waals surface area contributed by atoms with Gasteiger partial charge in [0.2, 0.25) is 10.0 Å². The molecular weight excluding hydrogens is 719 g/mol. The maximum atomic E-state index is 11.7. The van der Waals surface area contributed by atoms with Crippen LogP contribution in [0.2, 0.25) is 0 Å². The summed E-state index contributed by atoms with van der Waals surface area (Å²) in [4.78, 5) is 18.2. The number of aryl methyl sites for hydroxylation is 2. The van der Waals surface area contributed by atoms with Gasteiger partial charge in [0.05, 0.1) is 38.7 Å². The SMILES string of the molecule is Cc1ccc(Cn2c(-c3ccc(S(C)(=O)=O)cc3)nc3cnccc32)cc1.Cc1ccc(Cn2c(-c3ccc(S(N)(=O)=O)cc3)nc3ccncc32)cc1. The molecule has 0 fully saturated rings.